The molecule has 0 nitrogen and oxygen atoms in total. The second-order valence-corrected chi connectivity index (χ2v) is 3.89. The molecule has 0 atom stereocenters. The SMILES string of the molecule is C/C=C(/C)C1=C(CC)CC(C)=CC=C1. The van der Waals surface area contributed by atoms with E-state index in [0.29, 0.717) is 0 Å². The van der Waals surface area contributed by atoms with Gasteiger partial charge < -0.3 is 0 Å². The smallest absolute Gasteiger partial charge is 0.00991 e. The molecule has 1 aliphatic carbocycles. The van der Waals surface area contributed by atoms with Crippen LogP contribution in [0, 0.1) is 0 Å². The van der Waals surface area contributed by atoms with Crippen LogP contribution in [0.2, 0.25) is 0 Å². The van der Waals surface area contributed by atoms with Crippen molar-refractivity contribution in [2.45, 2.75) is 40.5 Å². The first kappa shape index (κ1) is 11.0. The molecule has 0 aromatic rings. The molecule has 1 aliphatic rings. The van der Waals surface area contributed by atoms with E-state index >= 15 is 0 Å². The van der Waals surface area contributed by atoms with Gasteiger partial charge in [0.1, 0.15) is 0 Å². The maximum atomic E-state index is 2.24. The predicted octanol–water partition coefficient (Wildman–Crippen LogP) is 4.57. The van der Waals surface area contributed by atoms with Gasteiger partial charge in [-0.2, -0.15) is 0 Å². The molecule has 0 saturated heterocycles. The molecule has 76 valence electrons. The van der Waals surface area contributed by atoms with E-state index in [4.69, 9.17) is 0 Å². The highest BCUT2D eigenvalue weighted by Crippen LogP contribution is 2.26. The van der Waals surface area contributed by atoms with Crippen molar-refractivity contribution in [1.82, 2.24) is 0 Å². The Kier molecular flexibility index (Phi) is 3.94. The number of hydrogen-bond acceptors (Lipinski definition) is 0. The normalized spacial score (nSPS) is 18.3. The number of allylic oxidation sites excluding steroid dienone is 8. The van der Waals surface area contributed by atoms with E-state index in [1.807, 2.05) is 0 Å². The molecule has 0 heteroatoms. The van der Waals surface area contributed by atoms with Crippen LogP contribution in [-0.4, -0.2) is 0 Å². The van der Waals surface area contributed by atoms with Gasteiger partial charge in [0.25, 0.3) is 0 Å². The second kappa shape index (κ2) is 4.99. The first-order chi connectivity index (χ1) is 6.69. The Morgan fingerprint density at radius 1 is 1.50 bits per heavy atom. The Bertz CT molecular complexity index is 322. The van der Waals surface area contributed by atoms with E-state index < -0.39 is 0 Å². The molecule has 0 heterocycles. The largest absolute Gasteiger partial charge is 0.0841 e. The second-order valence-electron chi connectivity index (χ2n) is 3.89. The summed E-state index contributed by atoms with van der Waals surface area (Å²) in [6.07, 6.45) is 11.1. The number of rotatable bonds is 2. The summed E-state index contributed by atoms with van der Waals surface area (Å²) in [6.45, 7) is 8.74. The van der Waals surface area contributed by atoms with E-state index in [9.17, 15) is 0 Å². The minimum Gasteiger partial charge on any atom is -0.0841 e. The molecular weight excluding hydrogens is 168 g/mol. The summed E-state index contributed by atoms with van der Waals surface area (Å²) in [4.78, 5) is 0. The quantitative estimate of drug-likeness (QED) is 0.595. The molecule has 0 saturated carbocycles. The molecule has 0 aromatic carbocycles. The monoisotopic (exact) mass is 188 g/mol. The van der Waals surface area contributed by atoms with E-state index in [2.05, 4.69) is 52.0 Å². The molecule has 0 aliphatic heterocycles. The zero-order valence-electron chi connectivity index (χ0n) is 9.72. The minimum atomic E-state index is 1.13. The lowest BCUT2D eigenvalue weighted by Gasteiger charge is -2.10. The van der Waals surface area contributed by atoms with Crippen LogP contribution < -0.4 is 0 Å². The summed E-state index contributed by atoms with van der Waals surface area (Å²) >= 11 is 0. The summed E-state index contributed by atoms with van der Waals surface area (Å²) in [7, 11) is 0. The molecule has 0 fully saturated rings. The molecule has 0 aromatic heterocycles. The van der Waals surface area contributed by atoms with Gasteiger partial charge in [-0.15, -0.1) is 0 Å². The van der Waals surface area contributed by atoms with Gasteiger partial charge in [-0.25, -0.2) is 0 Å². The van der Waals surface area contributed by atoms with E-state index in [0.717, 1.165) is 12.8 Å². The van der Waals surface area contributed by atoms with Gasteiger partial charge in [0.15, 0.2) is 0 Å². The van der Waals surface area contributed by atoms with Crippen molar-refractivity contribution in [1.29, 1.82) is 0 Å². The van der Waals surface area contributed by atoms with Crippen molar-refractivity contribution in [3.63, 3.8) is 0 Å². The van der Waals surface area contributed by atoms with Gasteiger partial charge >= 0.3 is 0 Å². The fourth-order valence-corrected chi connectivity index (χ4v) is 1.80. The van der Waals surface area contributed by atoms with Gasteiger partial charge in [0.05, 0.1) is 0 Å². The Morgan fingerprint density at radius 2 is 2.21 bits per heavy atom. The topological polar surface area (TPSA) is 0 Å². The van der Waals surface area contributed by atoms with Crippen LogP contribution in [0.15, 0.2) is 46.6 Å². The highest BCUT2D eigenvalue weighted by molar-refractivity contribution is 5.46. The zero-order valence-corrected chi connectivity index (χ0v) is 9.72. The zero-order chi connectivity index (χ0) is 10.6. The van der Waals surface area contributed by atoms with Crippen LogP contribution in [-0.2, 0) is 0 Å². The molecule has 0 N–H and O–H groups in total. The van der Waals surface area contributed by atoms with Gasteiger partial charge in [-0.05, 0) is 44.8 Å². The number of hydrogen-bond donors (Lipinski definition) is 0. The van der Waals surface area contributed by atoms with Crippen molar-refractivity contribution in [3.8, 4) is 0 Å². The van der Waals surface area contributed by atoms with E-state index in [-0.39, 0.29) is 0 Å². The van der Waals surface area contributed by atoms with Crippen LogP contribution >= 0.6 is 0 Å². The molecule has 0 unspecified atom stereocenters. The third kappa shape index (κ3) is 2.47. The average molecular weight is 188 g/mol. The standard InChI is InChI=1S/C14H20/c1-5-12(4)14-9-7-8-11(3)10-13(14)6-2/h5,7-9H,6,10H2,1-4H3/b12-5-. The van der Waals surface area contributed by atoms with Crippen molar-refractivity contribution >= 4 is 0 Å². The van der Waals surface area contributed by atoms with Crippen molar-refractivity contribution in [3.05, 3.63) is 46.6 Å². The Labute approximate surface area is 87.7 Å². The van der Waals surface area contributed by atoms with Gasteiger partial charge in [-0.1, -0.05) is 42.4 Å². The van der Waals surface area contributed by atoms with Crippen LogP contribution in [0.4, 0.5) is 0 Å². The van der Waals surface area contributed by atoms with Crippen molar-refractivity contribution in [2.24, 2.45) is 0 Å². The highest BCUT2D eigenvalue weighted by Gasteiger charge is 2.06. The van der Waals surface area contributed by atoms with Crippen molar-refractivity contribution in [2.75, 3.05) is 0 Å². The highest BCUT2D eigenvalue weighted by atomic mass is 14.1. The van der Waals surface area contributed by atoms with Gasteiger partial charge in [-0.3, -0.25) is 0 Å². The Morgan fingerprint density at radius 3 is 2.79 bits per heavy atom. The Balaban J connectivity index is 3.10. The summed E-state index contributed by atoms with van der Waals surface area (Å²) in [5.74, 6) is 0. The fourth-order valence-electron chi connectivity index (χ4n) is 1.80. The molecule has 0 amide bonds. The lowest BCUT2D eigenvalue weighted by atomic mass is 9.95. The van der Waals surface area contributed by atoms with Crippen LogP contribution in [0.25, 0.3) is 0 Å². The maximum absolute atomic E-state index is 2.24. The van der Waals surface area contributed by atoms with Crippen molar-refractivity contribution < 1.29 is 0 Å². The lowest BCUT2D eigenvalue weighted by molar-refractivity contribution is 0.975. The lowest BCUT2D eigenvalue weighted by Crippen LogP contribution is -1.91. The van der Waals surface area contributed by atoms with Gasteiger partial charge in [0, 0.05) is 0 Å². The summed E-state index contributed by atoms with van der Waals surface area (Å²) in [6, 6.07) is 0. The third-order valence-corrected chi connectivity index (χ3v) is 2.80. The van der Waals surface area contributed by atoms with Crippen LogP contribution in [0.1, 0.15) is 40.5 Å². The average Bonchev–Trinajstić information content (AvgIpc) is 2.38. The maximum Gasteiger partial charge on any atom is -0.00991 e. The van der Waals surface area contributed by atoms with Gasteiger partial charge in [0.2, 0.25) is 0 Å². The Hall–Kier alpha value is -1.04. The summed E-state index contributed by atoms with van der Waals surface area (Å²) < 4.78 is 0. The minimum absolute atomic E-state index is 1.13. The van der Waals surface area contributed by atoms with Crippen LogP contribution in [0.5, 0.6) is 0 Å². The first-order valence-electron chi connectivity index (χ1n) is 5.38. The molecule has 14 heavy (non-hydrogen) atoms. The predicted molar refractivity (Wildman–Crippen MR) is 64.3 cm³/mol. The fraction of sp³-hybridized carbons (Fsp3) is 0.429. The summed E-state index contributed by atoms with van der Waals surface area (Å²) in [5, 5.41) is 0. The molecule has 0 spiro atoms. The third-order valence-electron chi connectivity index (χ3n) is 2.80. The molecule has 0 bridgehead atoms. The molecule has 1 rings (SSSR count). The molecule has 0 radical (unpaired) electrons. The van der Waals surface area contributed by atoms with Crippen LogP contribution in [0.3, 0.4) is 0 Å². The van der Waals surface area contributed by atoms with E-state index in [1.165, 1.54) is 16.7 Å². The first-order valence-corrected chi connectivity index (χ1v) is 5.38. The summed E-state index contributed by atoms with van der Waals surface area (Å²) in [5.41, 5.74) is 5.84. The molecular formula is C14H20. The van der Waals surface area contributed by atoms with E-state index in [1.54, 1.807) is 5.57 Å².